The Morgan fingerprint density at radius 2 is 1.91 bits per heavy atom. The number of methoxy groups -OCH3 is 1. The van der Waals surface area contributed by atoms with E-state index >= 15 is 0 Å². The van der Waals surface area contributed by atoms with Gasteiger partial charge in [0.15, 0.2) is 0 Å². The van der Waals surface area contributed by atoms with Gasteiger partial charge < -0.3 is 9.64 Å². The second-order valence-corrected chi connectivity index (χ2v) is 9.58. The van der Waals surface area contributed by atoms with Crippen LogP contribution in [0.4, 0.5) is 0 Å². The molecular weight excluding hydrogens is 316 g/mol. The number of carbonyl (C=O) groups is 1. The van der Waals surface area contributed by atoms with Gasteiger partial charge in [0.05, 0.1) is 12.9 Å². The van der Waals surface area contributed by atoms with Crippen molar-refractivity contribution in [1.29, 1.82) is 0 Å². The summed E-state index contributed by atoms with van der Waals surface area (Å²) in [7, 11) is -1.50. The predicted octanol–water partition coefficient (Wildman–Crippen LogP) is 0.933. The second kappa shape index (κ2) is 6.33. The van der Waals surface area contributed by atoms with Crippen LogP contribution < -0.4 is 0 Å². The monoisotopic (exact) mass is 344 g/mol. The molecule has 23 heavy (non-hydrogen) atoms. The van der Waals surface area contributed by atoms with E-state index in [2.05, 4.69) is 0 Å². The van der Waals surface area contributed by atoms with E-state index in [0.717, 1.165) is 25.9 Å². The summed E-state index contributed by atoms with van der Waals surface area (Å²) in [5.41, 5.74) is -0.0323. The molecule has 0 aromatic heterocycles. The molecule has 1 spiro atoms. The molecule has 3 rings (SSSR count). The average molecular weight is 344 g/mol. The van der Waals surface area contributed by atoms with Crippen molar-refractivity contribution in [3.8, 4) is 0 Å². The Labute approximate surface area is 139 Å². The first kappa shape index (κ1) is 17.2. The lowest BCUT2D eigenvalue weighted by Gasteiger charge is -2.42. The van der Waals surface area contributed by atoms with Crippen LogP contribution >= 0.6 is 0 Å². The smallest absolute Gasteiger partial charge is 0.222 e. The van der Waals surface area contributed by atoms with Crippen LogP contribution in [-0.2, 0) is 19.6 Å². The zero-order valence-corrected chi connectivity index (χ0v) is 15.0. The van der Waals surface area contributed by atoms with Gasteiger partial charge in [0.1, 0.15) is 0 Å². The molecule has 0 N–H and O–H groups in total. The Morgan fingerprint density at radius 3 is 2.43 bits per heavy atom. The molecule has 2 heterocycles. The summed E-state index contributed by atoms with van der Waals surface area (Å²) < 4.78 is 30.8. The highest BCUT2D eigenvalue weighted by Crippen LogP contribution is 2.46. The number of amides is 1. The summed E-state index contributed by atoms with van der Waals surface area (Å²) in [6.07, 6.45) is 6.13. The van der Waals surface area contributed by atoms with Gasteiger partial charge in [0.2, 0.25) is 15.9 Å². The molecule has 6 nitrogen and oxygen atoms in total. The zero-order chi connectivity index (χ0) is 16.7. The number of likely N-dealkylation sites (tertiary alicyclic amines) is 1. The van der Waals surface area contributed by atoms with Crippen LogP contribution in [0.1, 0.15) is 32.1 Å². The first-order valence-electron chi connectivity index (χ1n) is 8.56. The fourth-order valence-corrected chi connectivity index (χ4v) is 5.08. The van der Waals surface area contributed by atoms with Crippen LogP contribution in [0.15, 0.2) is 0 Å². The zero-order valence-electron chi connectivity index (χ0n) is 14.2. The third-order valence-electron chi connectivity index (χ3n) is 5.89. The quantitative estimate of drug-likeness (QED) is 0.744. The van der Waals surface area contributed by atoms with Gasteiger partial charge in [0.25, 0.3) is 0 Å². The Hall–Kier alpha value is -0.660. The van der Waals surface area contributed by atoms with E-state index in [-0.39, 0.29) is 17.2 Å². The summed E-state index contributed by atoms with van der Waals surface area (Å²) in [6.45, 7) is 3.21. The fraction of sp³-hybridized carbons (Fsp3) is 0.938. The molecule has 1 amide bonds. The number of nitrogens with zero attached hydrogens (tertiary/aromatic N) is 2. The van der Waals surface area contributed by atoms with E-state index in [1.807, 2.05) is 4.90 Å². The lowest BCUT2D eigenvalue weighted by Crippen LogP contribution is -2.47. The lowest BCUT2D eigenvalue weighted by atomic mass is 9.71. The van der Waals surface area contributed by atoms with Gasteiger partial charge in [-0.25, -0.2) is 12.7 Å². The topological polar surface area (TPSA) is 66.9 Å². The lowest BCUT2D eigenvalue weighted by molar-refractivity contribution is -0.134. The molecule has 132 valence electrons. The standard InChI is InChI=1S/C16H28N2O4S/c1-22-11-14-10-18(23(2,20)21)12-16(14)5-7-17(8-6-16)15(19)9-13-3-4-13/h13-14H,3-12H2,1-2H3. The first-order valence-corrected chi connectivity index (χ1v) is 10.4. The van der Waals surface area contributed by atoms with Gasteiger partial charge in [-0.3, -0.25) is 4.79 Å². The molecule has 2 saturated heterocycles. The molecular formula is C16H28N2O4S. The van der Waals surface area contributed by atoms with E-state index in [1.165, 1.54) is 19.1 Å². The summed E-state index contributed by atoms with van der Waals surface area (Å²) in [6, 6.07) is 0. The number of hydrogen-bond acceptors (Lipinski definition) is 4. The average Bonchev–Trinajstić information content (AvgIpc) is 3.22. The molecule has 0 radical (unpaired) electrons. The maximum absolute atomic E-state index is 12.3. The van der Waals surface area contributed by atoms with Gasteiger partial charge in [0, 0.05) is 45.6 Å². The number of ether oxygens (including phenoxy) is 1. The number of sulfonamides is 1. The molecule has 0 aromatic rings. The molecule has 1 aliphatic carbocycles. The first-order chi connectivity index (χ1) is 10.8. The minimum atomic E-state index is -3.17. The van der Waals surface area contributed by atoms with Crippen molar-refractivity contribution >= 4 is 15.9 Å². The van der Waals surface area contributed by atoms with E-state index in [4.69, 9.17) is 4.74 Å². The molecule has 0 bridgehead atoms. The van der Waals surface area contributed by atoms with Crippen LogP contribution in [0.5, 0.6) is 0 Å². The summed E-state index contributed by atoms with van der Waals surface area (Å²) in [5, 5.41) is 0. The van der Waals surface area contributed by atoms with Crippen LogP contribution in [0.25, 0.3) is 0 Å². The fourth-order valence-electron chi connectivity index (χ4n) is 4.13. The van der Waals surface area contributed by atoms with E-state index < -0.39 is 10.0 Å². The van der Waals surface area contributed by atoms with Crippen LogP contribution in [0, 0.1) is 17.3 Å². The van der Waals surface area contributed by atoms with Crippen LogP contribution in [-0.4, -0.2) is 69.7 Å². The minimum Gasteiger partial charge on any atom is -0.384 e. The maximum Gasteiger partial charge on any atom is 0.222 e. The third kappa shape index (κ3) is 3.72. The normalized spacial score (nSPS) is 28.4. The van der Waals surface area contributed by atoms with Gasteiger partial charge in [-0.05, 0) is 37.0 Å². The van der Waals surface area contributed by atoms with Crippen LogP contribution in [0.2, 0.25) is 0 Å². The van der Waals surface area contributed by atoms with Crippen molar-refractivity contribution in [2.45, 2.75) is 32.1 Å². The highest BCUT2D eigenvalue weighted by molar-refractivity contribution is 7.88. The van der Waals surface area contributed by atoms with Gasteiger partial charge in [-0.2, -0.15) is 0 Å². The molecule has 3 aliphatic rings. The van der Waals surface area contributed by atoms with Gasteiger partial charge in [-0.1, -0.05) is 0 Å². The van der Waals surface area contributed by atoms with Crippen molar-refractivity contribution in [2.24, 2.45) is 17.3 Å². The molecule has 7 heteroatoms. The van der Waals surface area contributed by atoms with Gasteiger partial charge >= 0.3 is 0 Å². The summed E-state index contributed by atoms with van der Waals surface area (Å²) in [5.74, 6) is 1.12. The largest absolute Gasteiger partial charge is 0.384 e. The van der Waals surface area contributed by atoms with Crippen molar-refractivity contribution < 1.29 is 17.9 Å². The summed E-state index contributed by atoms with van der Waals surface area (Å²) in [4.78, 5) is 14.3. The van der Waals surface area contributed by atoms with Crippen molar-refractivity contribution in [1.82, 2.24) is 9.21 Å². The Morgan fingerprint density at radius 1 is 1.26 bits per heavy atom. The summed E-state index contributed by atoms with van der Waals surface area (Å²) >= 11 is 0. The van der Waals surface area contributed by atoms with Gasteiger partial charge in [-0.15, -0.1) is 0 Å². The molecule has 1 saturated carbocycles. The van der Waals surface area contributed by atoms with E-state index in [1.54, 1.807) is 11.4 Å². The maximum atomic E-state index is 12.3. The SMILES string of the molecule is COCC1CN(S(C)(=O)=O)CC12CCN(C(=O)CC1CC1)CC2. The number of rotatable bonds is 5. The molecule has 1 unspecified atom stereocenters. The molecule has 2 aliphatic heterocycles. The predicted molar refractivity (Wildman–Crippen MR) is 87.4 cm³/mol. The number of carbonyl (C=O) groups excluding carboxylic acids is 1. The van der Waals surface area contributed by atoms with Crippen molar-refractivity contribution in [3.63, 3.8) is 0 Å². The Kier molecular flexibility index (Phi) is 4.73. The van der Waals surface area contributed by atoms with Crippen molar-refractivity contribution in [2.75, 3.05) is 46.2 Å². The number of piperidine rings is 1. The Balaban J connectivity index is 1.65. The van der Waals surface area contributed by atoms with E-state index in [0.29, 0.717) is 32.0 Å². The third-order valence-corrected chi connectivity index (χ3v) is 7.11. The molecule has 0 aromatic carbocycles. The highest BCUT2D eigenvalue weighted by atomic mass is 32.2. The van der Waals surface area contributed by atoms with Crippen LogP contribution in [0.3, 0.4) is 0 Å². The highest BCUT2D eigenvalue weighted by Gasteiger charge is 2.50. The molecule has 3 fully saturated rings. The molecule has 1 atom stereocenters. The number of hydrogen-bond donors (Lipinski definition) is 0. The second-order valence-electron chi connectivity index (χ2n) is 7.60. The van der Waals surface area contributed by atoms with Crippen molar-refractivity contribution in [3.05, 3.63) is 0 Å². The van der Waals surface area contributed by atoms with E-state index in [9.17, 15) is 13.2 Å². The Bertz CT molecular complexity index is 550. The minimum absolute atomic E-state index is 0.0323.